The highest BCUT2D eigenvalue weighted by Gasteiger charge is 2.16. The summed E-state index contributed by atoms with van der Waals surface area (Å²) in [5.74, 6) is 0. The van der Waals surface area contributed by atoms with Gasteiger partial charge < -0.3 is 0 Å². The van der Waals surface area contributed by atoms with Gasteiger partial charge in [0.1, 0.15) is 0 Å². The van der Waals surface area contributed by atoms with Gasteiger partial charge in [0.15, 0.2) is 9.84 Å². The normalized spacial score (nSPS) is 12.2. The minimum absolute atomic E-state index is 0.279. The smallest absolute Gasteiger partial charge is 0.177 e. The molecule has 4 nitrogen and oxygen atoms in total. The van der Waals surface area contributed by atoms with Crippen molar-refractivity contribution in [2.24, 2.45) is 0 Å². The van der Waals surface area contributed by atoms with E-state index in [1.807, 2.05) is 6.92 Å². The van der Waals surface area contributed by atoms with Gasteiger partial charge in [0.25, 0.3) is 0 Å². The van der Waals surface area contributed by atoms with Gasteiger partial charge in [0.2, 0.25) is 0 Å². The van der Waals surface area contributed by atoms with Crippen LogP contribution in [0.15, 0.2) is 21.5 Å². The highest BCUT2D eigenvalue weighted by Crippen LogP contribution is 2.29. The molecule has 1 heterocycles. The van der Waals surface area contributed by atoms with Crippen molar-refractivity contribution in [3.05, 3.63) is 22.3 Å². The summed E-state index contributed by atoms with van der Waals surface area (Å²) in [5, 5.41) is 7.57. The van der Waals surface area contributed by atoms with E-state index in [1.54, 1.807) is 12.1 Å². The maximum Gasteiger partial charge on any atom is 0.177 e. The Morgan fingerprint density at radius 3 is 2.67 bits per heavy atom. The second-order valence-corrected chi connectivity index (χ2v) is 6.22. The van der Waals surface area contributed by atoms with Gasteiger partial charge in [-0.05, 0) is 19.1 Å². The van der Waals surface area contributed by atoms with Crippen LogP contribution in [0.3, 0.4) is 0 Å². The second-order valence-electron chi connectivity index (χ2n) is 3.38. The van der Waals surface area contributed by atoms with Crippen molar-refractivity contribution in [3.8, 4) is 0 Å². The first kappa shape index (κ1) is 10.6. The van der Waals surface area contributed by atoms with Crippen LogP contribution in [0.25, 0.3) is 10.9 Å². The lowest BCUT2D eigenvalue weighted by molar-refractivity contribution is 0.602. The summed E-state index contributed by atoms with van der Waals surface area (Å²) in [6.07, 6.45) is 1.19. The van der Waals surface area contributed by atoms with Gasteiger partial charge in [-0.2, -0.15) is 5.10 Å². The molecule has 2 rings (SSSR count). The average molecular weight is 289 g/mol. The molecular weight excluding hydrogens is 280 g/mol. The summed E-state index contributed by atoms with van der Waals surface area (Å²) in [5.41, 5.74) is 1.34. The predicted octanol–water partition coefficient (Wildman–Crippen LogP) is 2.04. The molecule has 1 N–H and O–H groups in total. The Morgan fingerprint density at radius 1 is 1.40 bits per heavy atom. The molecular formula is C9H9BrN2O2S. The number of benzene rings is 1. The highest BCUT2D eigenvalue weighted by atomic mass is 79.9. The molecule has 6 heteroatoms. The molecule has 0 atom stereocenters. The van der Waals surface area contributed by atoms with E-state index in [-0.39, 0.29) is 4.90 Å². The Kier molecular flexibility index (Phi) is 2.35. The Labute approximate surface area is 95.7 Å². The number of rotatable bonds is 1. The second kappa shape index (κ2) is 3.31. The molecule has 0 radical (unpaired) electrons. The van der Waals surface area contributed by atoms with Crippen LogP contribution in [-0.2, 0) is 9.84 Å². The van der Waals surface area contributed by atoms with Crippen molar-refractivity contribution in [2.75, 3.05) is 6.26 Å². The first-order valence-electron chi connectivity index (χ1n) is 4.24. The molecule has 1 aromatic heterocycles. The number of halogens is 1. The number of nitrogens with zero attached hydrogens (tertiary/aromatic N) is 1. The summed E-state index contributed by atoms with van der Waals surface area (Å²) in [6.45, 7) is 1.83. The Balaban J connectivity index is 2.98. The lowest BCUT2D eigenvalue weighted by atomic mass is 10.2. The van der Waals surface area contributed by atoms with Gasteiger partial charge in [-0.15, -0.1) is 0 Å². The predicted molar refractivity (Wildman–Crippen MR) is 61.6 cm³/mol. The Morgan fingerprint density at radius 2 is 2.07 bits per heavy atom. The van der Waals surface area contributed by atoms with E-state index < -0.39 is 9.84 Å². The molecule has 0 aliphatic rings. The van der Waals surface area contributed by atoms with Crippen LogP contribution in [0.2, 0.25) is 0 Å². The van der Waals surface area contributed by atoms with Crippen LogP contribution in [-0.4, -0.2) is 24.9 Å². The third-order valence-electron chi connectivity index (χ3n) is 2.21. The van der Waals surface area contributed by atoms with Gasteiger partial charge in [-0.1, -0.05) is 15.9 Å². The number of nitrogens with one attached hydrogen (secondary N) is 1. The van der Waals surface area contributed by atoms with Gasteiger partial charge in [-0.25, -0.2) is 8.42 Å². The summed E-state index contributed by atoms with van der Waals surface area (Å²) < 4.78 is 23.9. The third kappa shape index (κ3) is 1.68. The molecule has 0 spiro atoms. The number of H-pyrrole nitrogens is 1. The summed E-state index contributed by atoms with van der Waals surface area (Å²) in [7, 11) is -3.22. The van der Waals surface area contributed by atoms with E-state index in [4.69, 9.17) is 0 Å². The standard InChI is InChI=1S/C9H9BrN2O2S/c1-5-8-6(10)3-4-7(15(2,13)14)9(8)12-11-5/h3-4H,1-2H3,(H,11,12). The maximum atomic E-state index is 11.5. The molecule has 0 saturated heterocycles. The molecule has 0 fully saturated rings. The summed E-state index contributed by atoms with van der Waals surface area (Å²) in [6, 6.07) is 3.29. The molecule has 15 heavy (non-hydrogen) atoms. The fourth-order valence-corrected chi connectivity index (χ4v) is 2.98. The van der Waals surface area contributed by atoms with Gasteiger partial charge in [0.05, 0.1) is 16.1 Å². The van der Waals surface area contributed by atoms with Crippen molar-refractivity contribution in [1.29, 1.82) is 0 Å². The van der Waals surface area contributed by atoms with Crippen molar-refractivity contribution in [2.45, 2.75) is 11.8 Å². The molecule has 0 unspecified atom stereocenters. The van der Waals surface area contributed by atoms with E-state index in [1.165, 1.54) is 6.26 Å². The molecule has 0 saturated carbocycles. The third-order valence-corrected chi connectivity index (χ3v) is 4.01. The molecule has 1 aromatic carbocycles. The van der Waals surface area contributed by atoms with Crippen LogP contribution in [0.5, 0.6) is 0 Å². The topological polar surface area (TPSA) is 62.8 Å². The van der Waals surface area contributed by atoms with E-state index in [2.05, 4.69) is 26.1 Å². The minimum atomic E-state index is -3.22. The lowest BCUT2D eigenvalue weighted by Gasteiger charge is -2.01. The highest BCUT2D eigenvalue weighted by molar-refractivity contribution is 9.10. The van der Waals surface area contributed by atoms with E-state index in [0.29, 0.717) is 5.52 Å². The molecule has 0 amide bonds. The number of aromatic amines is 1. The number of aryl methyl sites for hydroxylation is 1. The molecule has 0 aliphatic heterocycles. The average Bonchev–Trinajstić information content (AvgIpc) is 2.47. The zero-order valence-electron chi connectivity index (χ0n) is 8.20. The van der Waals surface area contributed by atoms with Crippen LogP contribution in [0, 0.1) is 6.92 Å². The lowest BCUT2D eigenvalue weighted by Crippen LogP contribution is -1.98. The zero-order valence-corrected chi connectivity index (χ0v) is 10.6. The van der Waals surface area contributed by atoms with E-state index in [0.717, 1.165) is 15.6 Å². The van der Waals surface area contributed by atoms with Crippen LogP contribution in [0.1, 0.15) is 5.69 Å². The van der Waals surface area contributed by atoms with Crippen molar-refractivity contribution in [1.82, 2.24) is 10.2 Å². The molecule has 0 aliphatic carbocycles. The van der Waals surface area contributed by atoms with E-state index >= 15 is 0 Å². The van der Waals surface area contributed by atoms with Crippen molar-refractivity contribution >= 4 is 36.7 Å². The quantitative estimate of drug-likeness (QED) is 0.873. The number of aromatic nitrogens is 2. The summed E-state index contributed by atoms with van der Waals surface area (Å²) >= 11 is 3.37. The van der Waals surface area contributed by atoms with Crippen LogP contribution in [0.4, 0.5) is 0 Å². The number of sulfone groups is 1. The number of hydrogen-bond acceptors (Lipinski definition) is 3. The monoisotopic (exact) mass is 288 g/mol. The fourth-order valence-electron chi connectivity index (χ4n) is 1.53. The van der Waals surface area contributed by atoms with Crippen LogP contribution >= 0.6 is 15.9 Å². The van der Waals surface area contributed by atoms with Crippen molar-refractivity contribution in [3.63, 3.8) is 0 Å². The Bertz CT molecular complexity index is 631. The first-order chi connectivity index (χ1) is 6.91. The SMILES string of the molecule is Cc1n[nH]c2c(S(C)(=O)=O)ccc(Br)c12. The molecule has 2 aromatic rings. The fraction of sp³-hybridized carbons (Fsp3) is 0.222. The molecule has 80 valence electrons. The molecule has 0 bridgehead atoms. The Hall–Kier alpha value is -0.880. The van der Waals surface area contributed by atoms with E-state index in [9.17, 15) is 8.42 Å². The van der Waals surface area contributed by atoms with Gasteiger partial charge in [-0.3, -0.25) is 5.10 Å². The minimum Gasteiger partial charge on any atom is -0.276 e. The summed E-state index contributed by atoms with van der Waals surface area (Å²) in [4.78, 5) is 0.279. The zero-order chi connectivity index (χ0) is 11.2. The van der Waals surface area contributed by atoms with Gasteiger partial charge in [0, 0.05) is 16.1 Å². The van der Waals surface area contributed by atoms with Gasteiger partial charge >= 0.3 is 0 Å². The first-order valence-corrected chi connectivity index (χ1v) is 6.93. The van der Waals surface area contributed by atoms with Crippen LogP contribution < -0.4 is 0 Å². The largest absolute Gasteiger partial charge is 0.276 e. The number of hydrogen-bond donors (Lipinski definition) is 1. The van der Waals surface area contributed by atoms with Crippen molar-refractivity contribution < 1.29 is 8.42 Å². The maximum absolute atomic E-state index is 11.5. The number of fused-ring (bicyclic) bond motifs is 1.